The van der Waals surface area contributed by atoms with E-state index in [0.29, 0.717) is 22.3 Å². The minimum Gasteiger partial charge on any atom is -0.457 e. The number of rotatable bonds is 6. The highest BCUT2D eigenvalue weighted by molar-refractivity contribution is 7.09. The monoisotopic (exact) mass is 367 g/mol. The predicted octanol–water partition coefficient (Wildman–Crippen LogP) is 4.02. The molecule has 6 nitrogen and oxygen atoms in total. The van der Waals surface area contributed by atoms with E-state index in [-0.39, 0.29) is 18.1 Å². The van der Waals surface area contributed by atoms with Crippen LogP contribution in [0, 0.1) is 6.92 Å². The summed E-state index contributed by atoms with van der Waals surface area (Å²) in [6.07, 6.45) is 0.164. The Morgan fingerprint density at radius 2 is 1.88 bits per heavy atom. The van der Waals surface area contributed by atoms with Crippen molar-refractivity contribution in [2.45, 2.75) is 20.3 Å². The van der Waals surface area contributed by atoms with Gasteiger partial charge >= 0.3 is 0 Å². The van der Waals surface area contributed by atoms with Crippen LogP contribution >= 0.6 is 11.5 Å². The molecule has 0 atom stereocenters. The van der Waals surface area contributed by atoms with Crippen molar-refractivity contribution in [3.05, 3.63) is 65.5 Å². The lowest BCUT2D eigenvalue weighted by atomic mass is 10.2. The zero-order chi connectivity index (χ0) is 18.5. The van der Waals surface area contributed by atoms with Gasteiger partial charge in [-0.2, -0.15) is 4.37 Å². The first kappa shape index (κ1) is 17.8. The van der Waals surface area contributed by atoms with Gasteiger partial charge in [-0.1, -0.05) is 12.1 Å². The first-order valence-electron chi connectivity index (χ1n) is 7.97. The van der Waals surface area contributed by atoms with Crippen LogP contribution < -0.4 is 10.1 Å². The topological polar surface area (TPSA) is 81.2 Å². The zero-order valence-electron chi connectivity index (χ0n) is 14.4. The van der Waals surface area contributed by atoms with E-state index in [1.807, 2.05) is 31.2 Å². The number of aromatic nitrogens is 2. The molecule has 0 unspecified atom stereocenters. The van der Waals surface area contributed by atoms with Crippen molar-refractivity contribution in [2.24, 2.45) is 0 Å². The Morgan fingerprint density at radius 3 is 2.58 bits per heavy atom. The average molecular weight is 367 g/mol. The second-order valence-electron chi connectivity index (χ2n) is 5.79. The van der Waals surface area contributed by atoms with Gasteiger partial charge < -0.3 is 4.74 Å². The summed E-state index contributed by atoms with van der Waals surface area (Å²) >= 11 is 1.05. The van der Waals surface area contributed by atoms with E-state index in [2.05, 4.69) is 14.7 Å². The molecule has 0 bridgehead atoms. The summed E-state index contributed by atoms with van der Waals surface area (Å²) in [6.45, 7) is 3.47. The molecule has 1 N–H and O–H groups in total. The molecule has 0 fully saturated rings. The molecule has 0 radical (unpaired) electrons. The van der Waals surface area contributed by atoms with Gasteiger partial charge in [0.2, 0.25) is 5.13 Å². The van der Waals surface area contributed by atoms with Crippen LogP contribution in [-0.4, -0.2) is 21.0 Å². The number of ether oxygens (including phenoxy) is 1. The van der Waals surface area contributed by atoms with Crippen molar-refractivity contribution in [3.63, 3.8) is 0 Å². The number of nitrogens with one attached hydrogen (secondary N) is 1. The van der Waals surface area contributed by atoms with E-state index in [4.69, 9.17) is 4.74 Å². The Balaban J connectivity index is 1.63. The second-order valence-corrected chi connectivity index (χ2v) is 6.54. The van der Waals surface area contributed by atoms with Crippen molar-refractivity contribution in [3.8, 4) is 11.5 Å². The van der Waals surface area contributed by atoms with Crippen LogP contribution in [-0.2, 0) is 11.2 Å². The number of amides is 1. The molecule has 26 heavy (non-hydrogen) atoms. The number of hydrogen-bond acceptors (Lipinski definition) is 6. The molecule has 2 aromatic carbocycles. The van der Waals surface area contributed by atoms with Crippen LogP contribution in [0.15, 0.2) is 48.5 Å². The number of ketones is 1. The Hall–Kier alpha value is -3.06. The van der Waals surface area contributed by atoms with Crippen LogP contribution in [0.1, 0.15) is 28.7 Å². The van der Waals surface area contributed by atoms with Crippen molar-refractivity contribution in [1.29, 1.82) is 0 Å². The molecule has 3 rings (SSSR count). The maximum absolute atomic E-state index is 12.3. The van der Waals surface area contributed by atoms with Crippen molar-refractivity contribution >= 4 is 28.4 Å². The lowest BCUT2D eigenvalue weighted by molar-refractivity contribution is -0.116. The maximum atomic E-state index is 12.3. The molecular formula is C19H17N3O3S. The third-order valence-corrected chi connectivity index (χ3v) is 4.11. The molecule has 0 aliphatic carbocycles. The summed E-state index contributed by atoms with van der Waals surface area (Å²) in [4.78, 5) is 27.5. The number of carbonyl (C=O) groups is 2. The number of hydrogen-bond donors (Lipinski definition) is 1. The van der Waals surface area contributed by atoms with E-state index in [1.54, 1.807) is 24.3 Å². The molecule has 3 aromatic rings. The SMILES string of the molecule is CC(=O)Cc1nsc(NC(=O)c2ccc(Oc3cccc(C)c3)cc2)n1. The molecule has 1 aromatic heterocycles. The molecule has 132 valence electrons. The lowest BCUT2D eigenvalue weighted by Gasteiger charge is -2.07. The fraction of sp³-hybridized carbons (Fsp3) is 0.158. The lowest BCUT2D eigenvalue weighted by Crippen LogP contribution is -2.11. The fourth-order valence-electron chi connectivity index (χ4n) is 2.26. The van der Waals surface area contributed by atoms with Gasteiger partial charge in [-0.05, 0) is 55.8 Å². The van der Waals surface area contributed by atoms with Crippen LogP contribution in [0.25, 0.3) is 0 Å². The quantitative estimate of drug-likeness (QED) is 0.711. The minimum absolute atomic E-state index is 0.0233. The molecule has 0 saturated carbocycles. The van der Waals surface area contributed by atoms with Crippen LogP contribution in [0.2, 0.25) is 0 Å². The minimum atomic E-state index is -0.294. The van der Waals surface area contributed by atoms with Crippen molar-refractivity contribution in [1.82, 2.24) is 9.36 Å². The van der Waals surface area contributed by atoms with Gasteiger partial charge in [0, 0.05) is 17.1 Å². The standard InChI is InChI=1S/C19H17N3O3S/c1-12-4-3-5-16(10-12)25-15-8-6-14(7-9-15)18(24)21-19-20-17(22-26-19)11-13(2)23/h3-10H,11H2,1-2H3,(H,20,21,22,24). The van der Waals surface area contributed by atoms with Crippen LogP contribution in [0.3, 0.4) is 0 Å². The van der Waals surface area contributed by atoms with E-state index < -0.39 is 0 Å². The summed E-state index contributed by atoms with van der Waals surface area (Å²) in [7, 11) is 0. The summed E-state index contributed by atoms with van der Waals surface area (Å²) < 4.78 is 9.81. The van der Waals surface area contributed by atoms with Gasteiger partial charge in [0.05, 0.1) is 6.42 Å². The Morgan fingerprint density at radius 1 is 1.12 bits per heavy atom. The fourth-order valence-corrected chi connectivity index (χ4v) is 2.84. The third kappa shape index (κ3) is 4.73. The Bertz CT molecular complexity index is 935. The van der Waals surface area contributed by atoms with Gasteiger partial charge in [-0.3, -0.25) is 14.9 Å². The van der Waals surface area contributed by atoms with E-state index >= 15 is 0 Å². The van der Waals surface area contributed by atoms with Crippen LogP contribution in [0.5, 0.6) is 11.5 Å². The summed E-state index contributed by atoms with van der Waals surface area (Å²) in [5, 5.41) is 3.05. The van der Waals surface area contributed by atoms with E-state index in [1.165, 1.54) is 6.92 Å². The average Bonchev–Trinajstić information content (AvgIpc) is 3.01. The largest absolute Gasteiger partial charge is 0.457 e. The highest BCUT2D eigenvalue weighted by Gasteiger charge is 2.11. The highest BCUT2D eigenvalue weighted by atomic mass is 32.1. The van der Waals surface area contributed by atoms with E-state index in [0.717, 1.165) is 22.8 Å². The van der Waals surface area contributed by atoms with Gasteiger partial charge in [-0.15, -0.1) is 0 Å². The molecular weight excluding hydrogens is 350 g/mol. The summed E-state index contributed by atoms with van der Waals surface area (Å²) in [5.41, 5.74) is 1.59. The molecule has 0 saturated heterocycles. The second kappa shape index (κ2) is 7.88. The number of nitrogens with zero attached hydrogens (tertiary/aromatic N) is 2. The summed E-state index contributed by atoms with van der Waals surface area (Å²) in [5.74, 6) is 1.49. The smallest absolute Gasteiger partial charge is 0.257 e. The number of aryl methyl sites for hydroxylation is 1. The molecule has 1 amide bonds. The summed E-state index contributed by atoms with van der Waals surface area (Å²) in [6, 6.07) is 14.6. The Kier molecular flexibility index (Phi) is 5.38. The first-order chi connectivity index (χ1) is 12.5. The normalized spacial score (nSPS) is 10.4. The van der Waals surface area contributed by atoms with E-state index in [9.17, 15) is 9.59 Å². The van der Waals surface area contributed by atoms with Crippen LogP contribution in [0.4, 0.5) is 5.13 Å². The number of anilines is 1. The number of benzene rings is 2. The molecule has 7 heteroatoms. The Labute approximate surface area is 155 Å². The van der Waals surface area contributed by atoms with Crippen molar-refractivity contribution in [2.75, 3.05) is 5.32 Å². The molecule has 0 aliphatic rings. The molecule has 0 aliphatic heterocycles. The third-order valence-electron chi connectivity index (χ3n) is 3.44. The maximum Gasteiger partial charge on any atom is 0.257 e. The van der Waals surface area contributed by atoms with Gasteiger partial charge in [0.15, 0.2) is 5.82 Å². The highest BCUT2D eigenvalue weighted by Crippen LogP contribution is 2.23. The van der Waals surface area contributed by atoms with Gasteiger partial charge in [-0.25, -0.2) is 4.98 Å². The van der Waals surface area contributed by atoms with Gasteiger partial charge in [0.25, 0.3) is 5.91 Å². The van der Waals surface area contributed by atoms with Gasteiger partial charge in [0.1, 0.15) is 17.3 Å². The number of carbonyl (C=O) groups excluding carboxylic acids is 2. The molecule has 1 heterocycles. The zero-order valence-corrected chi connectivity index (χ0v) is 15.2. The number of Topliss-reactive ketones (excluding diaryl/α,β-unsaturated/α-hetero) is 1. The van der Waals surface area contributed by atoms with Crippen molar-refractivity contribution < 1.29 is 14.3 Å². The molecule has 0 spiro atoms. The predicted molar refractivity (Wildman–Crippen MR) is 99.9 cm³/mol. The first-order valence-corrected chi connectivity index (χ1v) is 8.75.